The van der Waals surface area contributed by atoms with E-state index in [4.69, 9.17) is 9.97 Å². The summed E-state index contributed by atoms with van der Waals surface area (Å²) in [5, 5.41) is 4.69. The maximum atomic E-state index is 5.54. The molecule has 8 bridgehead atoms. The molecular weight excluding hydrogens is 687 g/mol. The molecule has 0 saturated carbocycles. The van der Waals surface area contributed by atoms with Crippen molar-refractivity contribution in [1.29, 1.82) is 0 Å². The minimum Gasteiger partial charge on any atom is -0.354 e. The molecule has 7 nitrogen and oxygen atoms in total. The molecule has 6 aromatic heterocycles. The number of hydrogen-bond donors (Lipinski definition) is 2. The zero-order valence-electron chi connectivity index (χ0n) is 30.1. The molecule has 0 atom stereocenters. The minimum atomic E-state index is 0.872. The van der Waals surface area contributed by atoms with Crippen molar-refractivity contribution < 1.29 is 15.0 Å². The molecule has 8 heterocycles. The molecule has 0 spiro atoms. The molecule has 3 aromatic carbocycles. The van der Waals surface area contributed by atoms with Gasteiger partial charge in [-0.3, -0.25) is 0 Å². The highest BCUT2D eigenvalue weighted by Crippen LogP contribution is 2.42. The lowest BCUT2D eigenvalue weighted by Gasteiger charge is -2.13. The average molecular weight is 721 g/mol. The van der Waals surface area contributed by atoms with E-state index in [1.807, 2.05) is 37.2 Å². The number of H-pyrrole nitrogens is 5. The van der Waals surface area contributed by atoms with E-state index in [1.54, 1.807) is 0 Å². The molecule has 5 N–H and O–H groups in total. The quantitative estimate of drug-likeness (QED) is 0.177. The van der Waals surface area contributed by atoms with Crippen LogP contribution in [0.1, 0.15) is 22.8 Å². The monoisotopic (exact) mass is 720 g/mol. The van der Waals surface area contributed by atoms with Gasteiger partial charge in [0.2, 0.25) is 0 Å². The number of aromatic nitrogens is 7. The number of pyridine rings is 3. The lowest BCUT2D eigenvalue weighted by atomic mass is 9.91. The third-order valence-electron chi connectivity index (χ3n) is 10.8. The minimum absolute atomic E-state index is 0.872. The fraction of sp³-hybridized carbons (Fsp3) is 0. The summed E-state index contributed by atoms with van der Waals surface area (Å²) in [6.45, 7) is 0. The molecule has 0 amide bonds. The van der Waals surface area contributed by atoms with Crippen LogP contribution >= 0.6 is 0 Å². The molecule has 0 radical (unpaired) electrons. The van der Waals surface area contributed by atoms with Crippen molar-refractivity contribution in [3.05, 3.63) is 175 Å². The van der Waals surface area contributed by atoms with E-state index in [2.05, 4.69) is 164 Å². The van der Waals surface area contributed by atoms with Crippen LogP contribution in [0.2, 0.25) is 0 Å². The summed E-state index contributed by atoms with van der Waals surface area (Å²) in [4.78, 5) is 28.3. The van der Waals surface area contributed by atoms with Gasteiger partial charge in [0.15, 0.2) is 37.2 Å². The first-order valence-electron chi connectivity index (χ1n) is 18.7. The van der Waals surface area contributed by atoms with Crippen LogP contribution < -0.4 is 15.0 Å². The van der Waals surface area contributed by atoms with Crippen molar-refractivity contribution in [3.63, 3.8) is 0 Å². The summed E-state index contributed by atoms with van der Waals surface area (Å²) in [6.07, 6.45) is 20.3. The smallest absolute Gasteiger partial charge is 0.167 e. The molecule has 262 valence electrons. The summed E-state index contributed by atoms with van der Waals surface area (Å²) in [5.74, 6) is 0. The summed E-state index contributed by atoms with van der Waals surface area (Å²) >= 11 is 0. The maximum Gasteiger partial charge on any atom is 0.167 e. The predicted molar refractivity (Wildman–Crippen MR) is 225 cm³/mol. The number of rotatable bonds is 4. The molecule has 0 unspecified atom stereocenters. The van der Waals surface area contributed by atoms with Gasteiger partial charge in [-0.15, -0.1) is 0 Å². The van der Waals surface area contributed by atoms with Crippen LogP contribution in [0.4, 0.5) is 0 Å². The Morgan fingerprint density at radius 3 is 1.07 bits per heavy atom. The van der Waals surface area contributed by atoms with E-state index in [9.17, 15) is 0 Å². The van der Waals surface area contributed by atoms with Crippen LogP contribution in [0, 0.1) is 0 Å². The Morgan fingerprint density at radius 1 is 0.339 bits per heavy atom. The largest absolute Gasteiger partial charge is 0.354 e. The molecule has 0 fully saturated rings. The average Bonchev–Trinajstić information content (AvgIpc) is 4.10. The molecule has 2 aliphatic rings. The zero-order chi connectivity index (χ0) is 37.0. The molecule has 2 aliphatic heterocycles. The predicted octanol–water partition coefficient (Wildman–Crippen LogP) is 10.1. The third kappa shape index (κ3) is 5.25. The fourth-order valence-corrected chi connectivity index (χ4v) is 8.32. The van der Waals surface area contributed by atoms with Crippen LogP contribution in [-0.2, 0) is 0 Å². The zero-order valence-corrected chi connectivity index (χ0v) is 30.1. The maximum absolute atomic E-state index is 5.54. The molecular formula is C49H34N7+3. The van der Waals surface area contributed by atoms with Crippen LogP contribution in [0.25, 0.3) is 112 Å². The Bertz CT molecular complexity index is 3140. The standard InChI is InChI=1S/C49H31N7/c1-3-7-35-33(5-1)29-34-6-2-4-8-36(34)48(35)49-43-15-13-41(55-43)46(31-19-25-51-26-20-31)39-11-9-37(53-39)45(30-17-23-50-24-18-30)38-10-12-40(54-38)47(32-21-27-52-28-22-32)42-14-16-44(49)56-42/h1-29,53,56H/p+3. The molecule has 7 heteroatoms. The highest BCUT2D eigenvalue weighted by molar-refractivity contribution is 6.16. The van der Waals surface area contributed by atoms with Gasteiger partial charge >= 0.3 is 0 Å². The molecule has 56 heavy (non-hydrogen) atoms. The molecule has 11 rings (SSSR count). The van der Waals surface area contributed by atoms with E-state index < -0.39 is 0 Å². The second-order valence-electron chi connectivity index (χ2n) is 14.1. The summed E-state index contributed by atoms with van der Waals surface area (Å²) in [7, 11) is 0. The van der Waals surface area contributed by atoms with Crippen LogP contribution in [0.5, 0.6) is 0 Å². The fourth-order valence-electron chi connectivity index (χ4n) is 8.32. The van der Waals surface area contributed by atoms with Crippen molar-refractivity contribution >= 4 is 67.9 Å². The Hall–Kier alpha value is -7.77. The van der Waals surface area contributed by atoms with E-state index >= 15 is 0 Å². The Morgan fingerprint density at radius 2 is 0.679 bits per heavy atom. The lowest BCUT2D eigenvalue weighted by Crippen LogP contribution is -1.98. The highest BCUT2D eigenvalue weighted by Gasteiger charge is 2.21. The molecule has 0 aliphatic carbocycles. The van der Waals surface area contributed by atoms with Crippen molar-refractivity contribution in [1.82, 2.24) is 19.9 Å². The third-order valence-corrected chi connectivity index (χ3v) is 10.8. The Kier molecular flexibility index (Phi) is 7.35. The van der Waals surface area contributed by atoms with Crippen molar-refractivity contribution in [2.45, 2.75) is 0 Å². The first-order chi connectivity index (χ1) is 27.8. The van der Waals surface area contributed by atoms with Gasteiger partial charge in [0.05, 0.1) is 22.8 Å². The van der Waals surface area contributed by atoms with Gasteiger partial charge in [-0.25, -0.2) is 24.9 Å². The summed E-state index contributed by atoms with van der Waals surface area (Å²) < 4.78 is 0. The van der Waals surface area contributed by atoms with Gasteiger partial charge in [-0.05, 0) is 92.9 Å². The normalized spacial score (nSPS) is 12.1. The number of aromatic amines is 5. The van der Waals surface area contributed by atoms with Crippen molar-refractivity contribution in [3.8, 4) is 44.5 Å². The van der Waals surface area contributed by atoms with Crippen molar-refractivity contribution in [2.24, 2.45) is 0 Å². The highest BCUT2D eigenvalue weighted by atomic mass is 14.8. The SMILES string of the molecule is C1=Cc2nc1c(-c1cc[nH+]cc1)c1ccc([nH]1)c(-c1cc[nH+]cc1)c1nc(c(-c3c4ccccc4cc4ccccc34)c3ccc([nH]3)c2-c2cc[nH+]cc2)C=C1. The first kappa shape index (κ1) is 31.7. The number of hydrogen-bond acceptors (Lipinski definition) is 2. The summed E-state index contributed by atoms with van der Waals surface area (Å²) in [6, 6.07) is 40.9. The van der Waals surface area contributed by atoms with Gasteiger partial charge in [0.1, 0.15) is 0 Å². The Labute approximate surface area is 321 Å². The van der Waals surface area contributed by atoms with Crippen LogP contribution in [0.15, 0.2) is 152 Å². The topological polar surface area (TPSA) is 99.8 Å². The van der Waals surface area contributed by atoms with E-state index in [0.29, 0.717) is 0 Å². The van der Waals surface area contributed by atoms with E-state index in [-0.39, 0.29) is 0 Å². The van der Waals surface area contributed by atoms with E-state index in [0.717, 1.165) is 89.4 Å². The summed E-state index contributed by atoms with van der Waals surface area (Å²) in [5.41, 5.74) is 15.7. The second kappa shape index (κ2) is 13.0. The lowest BCUT2D eigenvalue weighted by molar-refractivity contribution is -0.378. The van der Waals surface area contributed by atoms with E-state index in [1.165, 1.54) is 21.5 Å². The van der Waals surface area contributed by atoms with Crippen molar-refractivity contribution in [2.75, 3.05) is 0 Å². The van der Waals surface area contributed by atoms with Gasteiger partial charge < -0.3 is 9.97 Å². The number of nitrogens with zero attached hydrogens (tertiary/aromatic N) is 2. The van der Waals surface area contributed by atoms with Crippen LogP contribution in [-0.4, -0.2) is 19.9 Å². The second-order valence-corrected chi connectivity index (χ2v) is 14.1. The first-order valence-corrected chi connectivity index (χ1v) is 18.7. The number of fused-ring (bicyclic) bond motifs is 10. The number of benzene rings is 3. The number of nitrogens with one attached hydrogen (secondary N) is 5. The van der Waals surface area contributed by atoms with Gasteiger partial charge in [0, 0.05) is 86.3 Å². The van der Waals surface area contributed by atoms with Gasteiger partial charge in [-0.2, -0.15) is 0 Å². The molecule has 9 aromatic rings. The van der Waals surface area contributed by atoms with Gasteiger partial charge in [0.25, 0.3) is 0 Å². The molecule has 0 saturated heterocycles. The Balaban J connectivity index is 1.36. The van der Waals surface area contributed by atoms with Crippen LogP contribution in [0.3, 0.4) is 0 Å². The van der Waals surface area contributed by atoms with Gasteiger partial charge in [-0.1, -0.05) is 48.5 Å².